The second-order valence-corrected chi connectivity index (χ2v) is 8.15. The predicted molar refractivity (Wildman–Crippen MR) is 137 cm³/mol. The van der Waals surface area contributed by atoms with Crippen molar-refractivity contribution in [3.05, 3.63) is 66.2 Å². The van der Waals surface area contributed by atoms with Crippen LogP contribution in [0, 0.1) is 5.92 Å². The average Bonchev–Trinajstić information content (AvgIpc) is 2.85. The summed E-state index contributed by atoms with van der Waals surface area (Å²) in [5.74, 6) is -1.93. The molecule has 0 aromatic heterocycles. The van der Waals surface area contributed by atoms with Crippen molar-refractivity contribution < 1.29 is 24.3 Å². The number of para-hydroxylation sites is 1. The molecule has 0 saturated carbocycles. The molecule has 2 aromatic carbocycles. The molecule has 0 spiro atoms. The number of hydrogen-bond donors (Lipinski definition) is 2. The normalized spacial score (nSPS) is 10.1. The van der Waals surface area contributed by atoms with Gasteiger partial charge >= 0.3 is 5.97 Å². The highest BCUT2D eigenvalue weighted by molar-refractivity contribution is 5.98. The van der Waals surface area contributed by atoms with Crippen LogP contribution in [-0.2, 0) is 14.4 Å². The highest BCUT2D eigenvalue weighted by Gasteiger charge is 2.24. The first-order valence-electron chi connectivity index (χ1n) is 11.9. The molecule has 35 heavy (non-hydrogen) atoms. The molecule has 0 atom stereocenters. The van der Waals surface area contributed by atoms with E-state index in [1.54, 1.807) is 54.6 Å². The zero-order valence-electron chi connectivity index (χ0n) is 21.1. The van der Waals surface area contributed by atoms with E-state index in [2.05, 4.69) is 5.32 Å². The van der Waals surface area contributed by atoms with Crippen molar-refractivity contribution in [3.63, 3.8) is 0 Å². The summed E-state index contributed by atoms with van der Waals surface area (Å²) in [5.41, 5.74) is 0.993. The molecular formula is C27H37N3O5. The van der Waals surface area contributed by atoms with Crippen molar-refractivity contribution >= 4 is 29.4 Å². The molecule has 0 radical (unpaired) electrons. The number of aliphatic carboxylic acids is 1. The number of hydrogen-bond acceptors (Lipinski definition) is 4. The molecule has 0 heterocycles. The largest absolute Gasteiger partial charge is 0.481 e. The molecule has 8 heteroatoms. The van der Waals surface area contributed by atoms with Crippen molar-refractivity contribution in [1.29, 1.82) is 0 Å². The Morgan fingerprint density at radius 2 is 1.40 bits per heavy atom. The molecule has 3 amide bonds. The topological polar surface area (TPSA) is 107 Å². The van der Waals surface area contributed by atoms with Gasteiger partial charge in [0.05, 0.1) is 13.0 Å². The van der Waals surface area contributed by atoms with Crippen molar-refractivity contribution in [2.75, 3.05) is 31.5 Å². The Labute approximate surface area is 207 Å². The van der Waals surface area contributed by atoms with Crippen LogP contribution in [0.4, 0.5) is 5.69 Å². The number of carbonyl (C=O) groups is 4. The number of carboxylic acid groups (broad SMARTS) is 1. The molecule has 0 aliphatic heterocycles. The van der Waals surface area contributed by atoms with Crippen LogP contribution in [0.1, 0.15) is 50.9 Å². The summed E-state index contributed by atoms with van der Waals surface area (Å²) in [6.45, 7) is 7.81. The highest BCUT2D eigenvalue weighted by atomic mass is 16.4. The van der Waals surface area contributed by atoms with Gasteiger partial charge in [0.25, 0.3) is 5.91 Å². The summed E-state index contributed by atoms with van der Waals surface area (Å²) >= 11 is 0. The zero-order chi connectivity index (χ0) is 26.2. The number of amides is 3. The smallest absolute Gasteiger partial charge is 0.305 e. The number of carboxylic acids is 1. The Kier molecular flexibility index (Phi) is 13.4. The Balaban J connectivity index is 0.00000298. The van der Waals surface area contributed by atoms with Crippen molar-refractivity contribution in [2.24, 2.45) is 5.92 Å². The van der Waals surface area contributed by atoms with Crippen LogP contribution in [0.15, 0.2) is 60.7 Å². The van der Waals surface area contributed by atoms with E-state index in [4.69, 9.17) is 5.11 Å². The Bertz CT molecular complexity index is 932. The standard InChI is InChI=1S/C25H31N3O5.C2H6/c1-19(2)13-15-27(17-22(29)26-21-11-7-4-8-12-21)23(30)18-28(16-14-24(31)32)25(33)20-9-5-3-6-10-20;1-2/h3-12,19H,13-18H2,1-2H3,(H,26,29)(H,31,32);1-2H3. The predicted octanol–water partition coefficient (Wildman–Crippen LogP) is 4.14. The van der Waals surface area contributed by atoms with Gasteiger partial charge in [-0.1, -0.05) is 64.1 Å². The average molecular weight is 484 g/mol. The summed E-state index contributed by atoms with van der Waals surface area (Å²) in [4.78, 5) is 52.4. The fourth-order valence-corrected chi connectivity index (χ4v) is 3.11. The van der Waals surface area contributed by atoms with Gasteiger partial charge in [-0.25, -0.2) is 0 Å². The molecule has 8 nitrogen and oxygen atoms in total. The van der Waals surface area contributed by atoms with E-state index >= 15 is 0 Å². The van der Waals surface area contributed by atoms with Gasteiger partial charge in [-0.2, -0.15) is 0 Å². The van der Waals surface area contributed by atoms with Gasteiger partial charge in [0.2, 0.25) is 11.8 Å². The Morgan fingerprint density at radius 1 is 0.829 bits per heavy atom. The van der Waals surface area contributed by atoms with Crippen LogP contribution in [0.3, 0.4) is 0 Å². The van der Waals surface area contributed by atoms with Gasteiger partial charge < -0.3 is 20.2 Å². The molecule has 190 valence electrons. The summed E-state index contributed by atoms with van der Waals surface area (Å²) in [7, 11) is 0. The minimum Gasteiger partial charge on any atom is -0.481 e. The van der Waals surface area contributed by atoms with Crippen molar-refractivity contribution in [1.82, 2.24) is 9.80 Å². The number of carbonyl (C=O) groups excluding carboxylic acids is 3. The van der Waals surface area contributed by atoms with E-state index in [1.807, 2.05) is 33.8 Å². The zero-order valence-corrected chi connectivity index (χ0v) is 21.1. The molecule has 0 aliphatic carbocycles. The number of rotatable bonds is 12. The van der Waals surface area contributed by atoms with Crippen LogP contribution < -0.4 is 5.32 Å². The first-order chi connectivity index (χ1) is 16.8. The summed E-state index contributed by atoms with van der Waals surface area (Å²) < 4.78 is 0. The number of benzene rings is 2. The molecule has 2 rings (SSSR count). The Morgan fingerprint density at radius 3 is 1.94 bits per heavy atom. The van der Waals surface area contributed by atoms with Crippen molar-refractivity contribution in [2.45, 2.75) is 40.5 Å². The fourth-order valence-electron chi connectivity index (χ4n) is 3.11. The van der Waals surface area contributed by atoms with E-state index in [-0.39, 0.29) is 32.0 Å². The van der Waals surface area contributed by atoms with Crippen LogP contribution in [0.25, 0.3) is 0 Å². The minimum absolute atomic E-state index is 0.108. The quantitative estimate of drug-likeness (QED) is 0.472. The third kappa shape index (κ3) is 11.3. The number of nitrogens with one attached hydrogen (secondary N) is 1. The number of nitrogens with zero attached hydrogens (tertiary/aromatic N) is 2. The van der Waals surface area contributed by atoms with E-state index in [0.29, 0.717) is 30.1 Å². The number of anilines is 1. The third-order valence-electron chi connectivity index (χ3n) is 4.95. The fraction of sp³-hybridized carbons (Fsp3) is 0.407. The maximum atomic E-state index is 13.1. The van der Waals surface area contributed by atoms with Gasteiger partial charge in [0, 0.05) is 24.3 Å². The molecule has 2 aromatic rings. The van der Waals surface area contributed by atoms with Crippen molar-refractivity contribution in [3.8, 4) is 0 Å². The minimum atomic E-state index is -1.06. The first-order valence-corrected chi connectivity index (χ1v) is 11.9. The van der Waals surface area contributed by atoms with Gasteiger partial charge in [-0.3, -0.25) is 19.2 Å². The molecule has 0 saturated heterocycles. The van der Waals surface area contributed by atoms with Crippen LogP contribution in [0.5, 0.6) is 0 Å². The monoisotopic (exact) mass is 483 g/mol. The lowest BCUT2D eigenvalue weighted by atomic mass is 10.1. The van der Waals surface area contributed by atoms with Gasteiger partial charge in [-0.05, 0) is 36.6 Å². The van der Waals surface area contributed by atoms with Gasteiger partial charge in [0.15, 0.2) is 0 Å². The van der Waals surface area contributed by atoms with Crippen LogP contribution in [-0.4, -0.2) is 64.8 Å². The van der Waals surface area contributed by atoms with E-state index in [0.717, 1.165) is 0 Å². The third-order valence-corrected chi connectivity index (χ3v) is 4.95. The maximum absolute atomic E-state index is 13.1. The second-order valence-electron chi connectivity index (χ2n) is 8.15. The summed E-state index contributed by atoms with van der Waals surface area (Å²) in [6, 6.07) is 17.3. The molecule has 0 unspecified atom stereocenters. The molecule has 0 aliphatic rings. The summed E-state index contributed by atoms with van der Waals surface area (Å²) in [5, 5.41) is 11.8. The second kappa shape index (κ2) is 16.0. The van der Waals surface area contributed by atoms with Gasteiger partial charge in [-0.15, -0.1) is 0 Å². The van der Waals surface area contributed by atoms with Gasteiger partial charge in [0.1, 0.15) is 6.54 Å². The summed E-state index contributed by atoms with van der Waals surface area (Å²) in [6.07, 6.45) is 0.401. The Hall–Kier alpha value is -3.68. The first kappa shape index (κ1) is 29.4. The van der Waals surface area contributed by atoms with E-state index in [9.17, 15) is 19.2 Å². The maximum Gasteiger partial charge on any atom is 0.305 e. The lowest BCUT2D eigenvalue weighted by Crippen LogP contribution is -2.46. The highest BCUT2D eigenvalue weighted by Crippen LogP contribution is 2.10. The van der Waals surface area contributed by atoms with Crippen LogP contribution in [0.2, 0.25) is 0 Å². The SMILES string of the molecule is CC.CC(C)CCN(CC(=O)Nc1ccccc1)C(=O)CN(CCC(=O)O)C(=O)c1ccccc1. The molecule has 0 bridgehead atoms. The molecule has 0 fully saturated rings. The molecule has 2 N–H and O–H groups in total. The van der Waals surface area contributed by atoms with Crippen LogP contribution >= 0.6 is 0 Å². The lowest BCUT2D eigenvalue weighted by molar-refractivity contribution is -0.138. The molecular weight excluding hydrogens is 446 g/mol. The lowest BCUT2D eigenvalue weighted by Gasteiger charge is -2.28. The van der Waals surface area contributed by atoms with E-state index in [1.165, 1.54) is 9.80 Å². The van der Waals surface area contributed by atoms with E-state index < -0.39 is 17.8 Å².